The first-order valence-corrected chi connectivity index (χ1v) is 8.09. The summed E-state index contributed by atoms with van der Waals surface area (Å²) in [5.74, 6) is 0.577. The smallest absolute Gasteiger partial charge is 0.225 e. The first-order valence-electron chi connectivity index (χ1n) is 8.09. The van der Waals surface area contributed by atoms with Gasteiger partial charge >= 0.3 is 0 Å². The molecule has 0 bridgehead atoms. The van der Waals surface area contributed by atoms with Gasteiger partial charge in [-0.3, -0.25) is 4.79 Å². The number of amides is 1. The fourth-order valence-electron chi connectivity index (χ4n) is 3.42. The minimum atomic E-state index is -0.185. The largest absolute Gasteiger partial charge is 0.384 e. The standard InChI is InChI=1S/C16H29NO4/c1-13(2)20-11-14-5-4-7-16(14)12-17(8-10-21-16)15(18)6-9-19-3/h13-14H,4-12H2,1-3H3/t14-,16+/m0/s1. The molecular weight excluding hydrogens is 270 g/mol. The van der Waals surface area contributed by atoms with Crippen LogP contribution in [-0.4, -0.2) is 62.5 Å². The Morgan fingerprint density at radius 1 is 1.48 bits per heavy atom. The summed E-state index contributed by atoms with van der Waals surface area (Å²) in [7, 11) is 1.63. The maximum Gasteiger partial charge on any atom is 0.225 e. The van der Waals surface area contributed by atoms with E-state index in [1.54, 1.807) is 7.11 Å². The van der Waals surface area contributed by atoms with Crippen LogP contribution in [0.5, 0.6) is 0 Å². The average Bonchev–Trinajstić information content (AvgIpc) is 2.84. The van der Waals surface area contributed by atoms with Crippen LogP contribution in [0.25, 0.3) is 0 Å². The van der Waals surface area contributed by atoms with Gasteiger partial charge < -0.3 is 19.1 Å². The molecule has 2 fully saturated rings. The third-order valence-corrected chi connectivity index (χ3v) is 4.61. The maximum absolute atomic E-state index is 12.2. The molecule has 0 radical (unpaired) electrons. The van der Waals surface area contributed by atoms with Gasteiger partial charge in [-0.15, -0.1) is 0 Å². The Labute approximate surface area is 127 Å². The molecule has 1 amide bonds. The van der Waals surface area contributed by atoms with Crippen molar-refractivity contribution in [3.05, 3.63) is 0 Å². The zero-order chi connectivity index (χ0) is 15.3. The Morgan fingerprint density at radius 2 is 2.29 bits per heavy atom. The van der Waals surface area contributed by atoms with E-state index in [0.29, 0.717) is 38.6 Å². The van der Waals surface area contributed by atoms with Crippen molar-refractivity contribution in [2.24, 2.45) is 5.92 Å². The molecule has 0 aromatic heterocycles. The second kappa shape index (κ2) is 7.56. The highest BCUT2D eigenvalue weighted by Crippen LogP contribution is 2.41. The number of hydrogen-bond donors (Lipinski definition) is 0. The Bertz CT molecular complexity index is 347. The van der Waals surface area contributed by atoms with Crippen LogP contribution in [0.2, 0.25) is 0 Å². The molecule has 1 aliphatic carbocycles. The van der Waals surface area contributed by atoms with Crippen molar-refractivity contribution in [3.63, 3.8) is 0 Å². The molecule has 1 saturated carbocycles. The summed E-state index contributed by atoms with van der Waals surface area (Å²) in [5, 5.41) is 0. The number of carbonyl (C=O) groups excluding carboxylic acids is 1. The van der Waals surface area contributed by atoms with Crippen molar-refractivity contribution >= 4 is 5.91 Å². The molecule has 2 aliphatic rings. The lowest BCUT2D eigenvalue weighted by Crippen LogP contribution is -2.56. The molecule has 2 atom stereocenters. The molecule has 1 aliphatic heterocycles. The van der Waals surface area contributed by atoms with Gasteiger partial charge in [0.05, 0.1) is 44.5 Å². The van der Waals surface area contributed by atoms with Gasteiger partial charge in [0.2, 0.25) is 5.91 Å². The lowest BCUT2D eigenvalue weighted by molar-refractivity contribution is -0.163. The Balaban J connectivity index is 1.95. The molecule has 0 unspecified atom stereocenters. The van der Waals surface area contributed by atoms with Crippen molar-refractivity contribution in [2.45, 2.75) is 51.2 Å². The van der Waals surface area contributed by atoms with Crippen LogP contribution in [0.15, 0.2) is 0 Å². The maximum atomic E-state index is 12.2. The number of rotatable bonds is 6. The number of methoxy groups -OCH3 is 1. The molecule has 21 heavy (non-hydrogen) atoms. The summed E-state index contributed by atoms with van der Waals surface area (Å²) < 4.78 is 17.0. The second-order valence-corrected chi connectivity index (χ2v) is 6.44. The lowest BCUT2D eigenvalue weighted by atomic mass is 9.89. The summed E-state index contributed by atoms with van der Waals surface area (Å²) in [5.41, 5.74) is -0.185. The molecule has 122 valence electrons. The van der Waals surface area contributed by atoms with E-state index in [9.17, 15) is 4.79 Å². The fraction of sp³-hybridized carbons (Fsp3) is 0.938. The molecule has 1 spiro atoms. The van der Waals surface area contributed by atoms with Gasteiger partial charge in [-0.05, 0) is 26.7 Å². The number of morpholine rings is 1. The lowest BCUT2D eigenvalue weighted by Gasteiger charge is -2.44. The number of nitrogens with zero attached hydrogens (tertiary/aromatic N) is 1. The highest BCUT2D eigenvalue weighted by atomic mass is 16.5. The summed E-state index contributed by atoms with van der Waals surface area (Å²) in [4.78, 5) is 14.2. The Morgan fingerprint density at radius 3 is 3.00 bits per heavy atom. The summed E-state index contributed by atoms with van der Waals surface area (Å²) >= 11 is 0. The normalized spacial score (nSPS) is 29.5. The molecule has 0 aromatic rings. The minimum Gasteiger partial charge on any atom is -0.384 e. The Hall–Kier alpha value is -0.650. The van der Waals surface area contributed by atoms with E-state index in [1.165, 1.54) is 0 Å². The van der Waals surface area contributed by atoms with Gasteiger partial charge in [-0.2, -0.15) is 0 Å². The SMILES string of the molecule is COCCC(=O)N1CCO[C@]2(CCC[C@H]2COC(C)C)C1. The predicted octanol–water partition coefficient (Wildman–Crippen LogP) is 1.85. The average molecular weight is 299 g/mol. The zero-order valence-electron chi connectivity index (χ0n) is 13.6. The summed E-state index contributed by atoms with van der Waals surface area (Å²) in [6, 6.07) is 0. The molecule has 5 nitrogen and oxygen atoms in total. The third kappa shape index (κ3) is 4.18. The quantitative estimate of drug-likeness (QED) is 0.751. The van der Waals surface area contributed by atoms with Gasteiger partial charge in [-0.25, -0.2) is 0 Å². The van der Waals surface area contributed by atoms with Gasteiger partial charge in [0.25, 0.3) is 0 Å². The molecule has 0 aromatic carbocycles. The highest BCUT2D eigenvalue weighted by Gasteiger charge is 2.47. The molecule has 1 saturated heterocycles. The number of hydrogen-bond acceptors (Lipinski definition) is 4. The summed E-state index contributed by atoms with van der Waals surface area (Å²) in [6.07, 6.45) is 4.03. The number of ether oxygens (including phenoxy) is 3. The van der Waals surface area contributed by atoms with Crippen LogP contribution < -0.4 is 0 Å². The van der Waals surface area contributed by atoms with Crippen LogP contribution in [0, 0.1) is 5.92 Å². The second-order valence-electron chi connectivity index (χ2n) is 6.44. The van der Waals surface area contributed by atoms with Crippen LogP contribution >= 0.6 is 0 Å². The molecular formula is C16H29NO4. The molecule has 1 heterocycles. The van der Waals surface area contributed by atoms with Crippen LogP contribution in [0.4, 0.5) is 0 Å². The molecule has 0 N–H and O–H groups in total. The monoisotopic (exact) mass is 299 g/mol. The molecule has 2 rings (SSSR count). The first kappa shape index (κ1) is 16.7. The van der Waals surface area contributed by atoms with Crippen molar-refractivity contribution in [1.82, 2.24) is 4.90 Å². The van der Waals surface area contributed by atoms with E-state index in [1.807, 2.05) is 4.90 Å². The minimum absolute atomic E-state index is 0.176. The van der Waals surface area contributed by atoms with E-state index in [2.05, 4.69) is 13.8 Å². The van der Waals surface area contributed by atoms with E-state index in [4.69, 9.17) is 14.2 Å². The topological polar surface area (TPSA) is 48.0 Å². The van der Waals surface area contributed by atoms with Gasteiger partial charge in [0.1, 0.15) is 0 Å². The van der Waals surface area contributed by atoms with E-state index in [0.717, 1.165) is 25.9 Å². The van der Waals surface area contributed by atoms with Crippen molar-refractivity contribution in [2.75, 3.05) is 40.0 Å². The number of carbonyl (C=O) groups is 1. The van der Waals surface area contributed by atoms with Gasteiger partial charge in [0.15, 0.2) is 0 Å². The van der Waals surface area contributed by atoms with Crippen molar-refractivity contribution < 1.29 is 19.0 Å². The fourth-order valence-corrected chi connectivity index (χ4v) is 3.42. The van der Waals surface area contributed by atoms with Crippen LogP contribution in [0.3, 0.4) is 0 Å². The van der Waals surface area contributed by atoms with Crippen LogP contribution in [-0.2, 0) is 19.0 Å². The van der Waals surface area contributed by atoms with E-state index < -0.39 is 0 Å². The zero-order valence-corrected chi connectivity index (χ0v) is 13.6. The Kier molecular flexibility index (Phi) is 6.02. The first-order chi connectivity index (χ1) is 10.1. The highest BCUT2D eigenvalue weighted by molar-refractivity contribution is 5.76. The molecule has 5 heteroatoms. The summed E-state index contributed by atoms with van der Waals surface area (Å²) in [6.45, 7) is 7.38. The van der Waals surface area contributed by atoms with Crippen molar-refractivity contribution in [3.8, 4) is 0 Å². The third-order valence-electron chi connectivity index (χ3n) is 4.61. The van der Waals surface area contributed by atoms with Gasteiger partial charge in [0, 0.05) is 19.6 Å². The van der Waals surface area contributed by atoms with Crippen molar-refractivity contribution in [1.29, 1.82) is 0 Å². The van der Waals surface area contributed by atoms with E-state index in [-0.39, 0.29) is 17.6 Å². The van der Waals surface area contributed by atoms with Gasteiger partial charge in [-0.1, -0.05) is 6.42 Å². The van der Waals surface area contributed by atoms with E-state index >= 15 is 0 Å². The predicted molar refractivity (Wildman–Crippen MR) is 80.2 cm³/mol. The van der Waals surface area contributed by atoms with Crippen LogP contribution in [0.1, 0.15) is 39.5 Å².